The zero-order valence-corrected chi connectivity index (χ0v) is 12.2. The molecule has 1 aromatic carbocycles. The second-order valence-corrected chi connectivity index (χ2v) is 5.09. The minimum absolute atomic E-state index is 0.316. The van der Waals surface area contributed by atoms with Crippen molar-refractivity contribution in [2.45, 2.75) is 51.2 Å². The molecule has 1 aliphatic rings. The molecule has 1 saturated heterocycles. The first-order valence-electron chi connectivity index (χ1n) is 7.19. The Morgan fingerprint density at radius 3 is 2.65 bits per heavy atom. The Labute approximate surface area is 119 Å². The Hall–Kier alpha value is -1.42. The van der Waals surface area contributed by atoms with E-state index in [-0.39, 0.29) is 11.8 Å². The first-order valence-corrected chi connectivity index (χ1v) is 7.19. The molecule has 0 amide bonds. The Kier molecular flexibility index (Phi) is 4.14. The highest BCUT2D eigenvalue weighted by atomic mass is 19.1. The molecule has 4 heteroatoms. The van der Waals surface area contributed by atoms with Crippen LogP contribution >= 0.6 is 0 Å². The van der Waals surface area contributed by atoms with Gasteiger partial charge in [-0.3, -0.25) is 0 Å². The highest BCUT2D eigenvalue weighted by molar-refractivity contribution is 5.85. The molecule has 1 aromatic rings. The Balaban J connectivity index is 2.39. The number of carbonyl (C=O) groups excluding carboxylic acids is 1. The average Bonchev–Trinajstić information content (AvgIpc) is 3.10. The molecule has 2 unspecified atom stereocenters. The maximum atomic E-state index is 13.5. The topological polar surface area (TPSA) is 38.8 Å². The zero-order valence-electron chi connectivity index (χ0n) is 12.2. The number of ether oxygens (including phenoxy) is 2. The minimum atomic E-state index is -0.958. The van der Waals surface area contributed by atoms with Crippen LogP contribution in [0.2, 0.25) is 0 Å². The summed E-state index contributed by atoms with van der Waals surface area (Å²) < 4.78 is 24.5. The van der Waals surface area contributed by atoms with Gasteiger partial charge in [-0.2, -0.15) is 0 Å². The van der Waals surface area contributed by atoms with Gasteiger partial charge in [0.2, 0.25) is 0 Å². The standard InChI is InChI=1S/C16H21FO3/c1-4-10-16(14(18)19-6-3)15(5-2,20-16)12-8-7-9-13(17)11-12/h7-9,11H,4-6,10H2,1-3H3. The monoisotopic (exact) mass is 280 g/mol. The third-order valence-electron chi connectivity index (χ3n) is 3.96. The second-order valence-electron chi connectivity index (χ2n) is 5.09. The van der Waals surface area contributed by atoms with Crippen LogP contribution in [0.3, 0.4) is 0 Å². The van der Waals surface area contributed by atoms with E-state index in [0.717, 1.165) is 6.42 Å². The van der Waals surface area contributed by atoms with Crippen molar-refractivity contribution in [2.24, 2.45) is 0 Å². The van der Waals surface area contributed by atoms with Crippen molar-refractivity contribution in [3.63, 3.8) is 0 Å². The lowest BCUT2D eigenvalue weighted by Crippen LogP contribution is -2.34. The summed E-state index contributed by atoms with van der Waals surface area (Å²) in [7, 11) is 0. The van der Waals surface area contributed by atoms with Gasteiger partial charge in [0, 0.05) is 0 Å². The first kappa shape index (κ1) is 15.0. The fraction of sp³-hybridized carbons (Fsp3) is 0.562. The summed E-state index contributed by atoms with van der Waals surface area (Å²) in [6.07, 6.45) is 1.99. The van der Waals surface area contributed by atoms with Gasteiger partial charge in [0.05, 0.1) is 6.61 Å². The molecule has 0 saturated carbocycles. The SMILES string of the molecule is CCCC1(C(=O)OCC)OC1(CC)c1cccc(F)c1. The van der Waals surface area contributed by atoms with Crippen molar-refractivity contribution in [2.75, 3.05) is 6.61 Å². The van der Waals surface area contributed by atoms with E-state index >= 15 is 0 Å². The molecule has 0 aromatic heterocycles. The number of rotatable bonds is 6. The van der Waals surface area contributed by atoms with Gasteiger partial charge >= 0.3 is 5.97 Å². The van der Waals surface area contributed by atoms with Crippen LogP contribution in [0.25, 0.3) is 0 Å². The fourth-order valence-electron chi connectivity index (χ4n) is 3.03. The third-order valence-corrected chi connectivity index (χ3v) is 3.96. The molecule has 0 spiro atoms. The molecule has 0 aliphatic carbocycles. The molecule has 110 valence electrons. The van der Waals surface area contributed by atoms with Crippen LogP contribution in [0.5, 0.6) is 0 Å². The summed E-state index contributed by atoms with van der Waals surface area (Å²) in [6, 6.07) is 6.29. The molecule has 0 bridgehead atoms. The predicted molar refractivity (Wildman–Crippen MR) is 73.7 cm³/mol. The molecule has 1 heterocycles. The molecule has 1 fully saturated rings. The third kappa shape index (κ3) is 2.12. The van der Waals surface area contributed by atoms with Crippen LogP contribution in [0.1, 0.15) is 45.6 Å². The van der Waals surface area contributed by atoms with Crippen LogP contribution in [0, 0.1) is 5.82 Å². The van der Waals surface area contributed by atoms with Crippen molar-refractivity contribution in [3.05, 3.63) is 35.6 Å². The van der Waals surface area contributed by atoms with E-state index in [2.05, 4.69) is 0 Å². The second kappa shape index (κ2) is 5.52. The highest BCUT2D eigenvalue weighted by Crippen LogP contribution is 2.61. The van der Waals surface area contributed by atoms with Crippen LogP contribution < -0.4 is 0 Å². The van der Waals surface area contributed by atoms with Gasteiger partial charge in [0.25, 0.3) is 0 Å². The lowest BCUT2D eigenvalue weighted by Gasteiger charge is -2.18. The van der Waals surface area contributed by atoms with E-state index in [9.17, 15) is 9.18 Å². The van der Waals surface area contributed by atoms with E-state index in [1.54, 1.807) is 13.0 Å². The van der Waals surface area contributed by atoms with Gasteiger partial charge in [0.1, 0.15) is 11.4 Å². The summed E-state index contributed by atoms with van der Waals surface area (Å²) in [5, 5.41) is 0. The lowest BCUT2D eigenvalue weighted by atomic mass is 9.81. The molecule has 2 rings (SSSR count). The smallest absolute Gasteiger partial charge is 0.341 e. The first-order chi connectivity index (χ1) is 9.56. The van der Waals surface area contributed by atoms with E-state index in [0.29, 0.717) is 25.0 Å². The zero-order chi connectivity index (χ0) is 14.8. The summed E-state index contributed by atoms with van der Waals surface area (Å²) >= 11 is 0. The lowest BCUT2D eigenvalue weighted by molar-refractivity contribution is -0.149. The van der Waals surface area contributed by atoms with Crippen LogP contribution in [-0.2, 0) is 19.9 Å². The Morgan fingerprint density at radius 2 is 2.10 bits per heavy atom. The van der Waals surface area contributed by atoms with Crippen molar-refractivity contribution >= 4 is 5.97 Å². The number of benzene rings is 1. The number of esters is 1. The van der Waals surface area contributed by atoms with Crippen molar-refractivity contribution in [3.8, 4) is 0 Å². The van der Waals surface area contributed by atoms with Crippen molar-refractivity contribution < 1.29 is 18.7 Å². The number of hydrogen-bond acceptors (Lipinski definition) is 3. The van der Waals surface area contributed by atoms with Crippen molar-refractivity contribution in [1.82, 2.24) is 0 Å². The van der Waals surface area contributed by atoms with Crippen molar-refractivity contribution in [1.29, 1.82) is 0 Å². The van der Waals surface area contributed by atoms with Crippen LogP contribution in [-0.4, -0.2) is 18.2 Å². The Bertz CT molecular complexity index is 502. The minimum Gasteiger partial charge on any atom is -0.464 e. The molecule has 1 aliphatic heterocycles. The average molecular weight is 280 g/mol. The van der Waals surface area contributed by atoms with E-state index in [1.807, 2.05) is 19.9 Å². The maximum absolute atomic E-state index is 13.5. The largest absolute Gasteiger partial charge is 0.464 e. The maximum Gasteiger partial charge on any atom is 0.341 e. The molecule has 0 radical (unpaired) electrons. The van der Waals surface area contributed by atoms with Gasteiger partial charge in [-0.05, 0) is 37.5 Å². The molecule has 20 heavy (non-hydrogen) atoms. The van der Waals surface area contributed by atoms with Gasteiger partial charge in [-0.1, -0.05) is 32.4 Å². The molecule has 0 N–H and O–H groups in total. The predicted octanol–water partition coefficient (Wildman–Crippen LogP) is 3.56. The molecule has 3 nitrogen and oxygen atoms in total. The number of epoxide rings is 1. The molecule has 2 atom stereocenters. The van der Waals surface area contributed by atoms with Gasteiger partial charge < -0.3 is 9.47 Å². The number of halogens is 1. The van der Waals surface area contributed by atoms with Crippen LogP contribution in [0.4, 0.5) is 4.39 Å². The molecular formula is C16H21FO3. The summed E-state index contributed by atoms with van der Waals surface area (Å²) in [5.41, 5.74) is -1.00. The van der Waals surface area contributed by atoms with Gasteiger partial charge in [-0.15, -0.1) is 0 Å². The van der Waals surface area contributed by atoms with Gasteiger partial charge in [0.15, 0.2) is 5.60 Å². The number of hydrogen-bond donors (Lipinski definition) is 0. The Morgan fingerprint density at radius 1 is 1.35 bits per heavy atom. The van der Waals surface area contributed by atoms with E-state index in [4.69, 9.17) is 9.47 Å². The van der Waals surface area contributed by atoms with E-state index < -0.39 is 11.2 Å². The summed E-state index contributed by atoms with van der Waals surface area (Å²) in [6.45, 7) is 6.03. The highest BCUT2D eigenvalue weighted by Gasteiger charge is 2.74. The number of carbonyl (C=O) groups is 1. The van der Waals surface area contributed by atoms with Gasteiger partial charge in [-0.25, -0.2) is 9.18 Å². The summed E-state index contributed by atoms with van der Waals surface area (Å²) in [5.74, 6) is -0.659. The quantitative estimate of drug-likeness (QED) is 0.590. The normalized spacial score (nSPS) is 28.2. The summed E-state index contributed by atoms with van der Waals surface area (Å²) in [4.78, 5) is 12.3. The van der Waals surface area contributed by atoms with Crippen LogP contribution in [0.15, 0.2) is 24.3 Å². The fourth-order valence-corrected chi connectivity index (χ4v) is 3.03. The molecular weight excluding hydrogens is 259 g/mol. The van der Waals surface area contributed by atoms with E-state index in [1.165, 1.54) is 12.1 Å².